The van der Waals surface area contributed by atoms with Crippen LogP contribution in [0.15, 0.2) is 4.90 Å². The number of sulfonamides is 1. The highest BCUT2D eigenvalue weighted by Crippen LogP contribution is 2.18. The largest absolute Gasteiger partial charge is 0.309 e. The normalized spacial score (nSPS) is 13.8. The lowest BCUT2D eigenvalue weighted by Gasteiger charge is -2.14. The summed E-state index contributed by atoms with van der Waals surface area (Å²) < 4.78 is 27.8. The minimum atomic E-state index is -3.55. The van der Waals surface area contributed by atoms with Crippen molar-refractivity contribution in [2.75, 3.05) is 12.0 Å². The molecule has 1 aromatic rings. The molecule has 0 aliphatic heterocycles. The Bertz CT molecular complexity index is 540. The molecule has 0 saturated carbocycles. The second kappa shape index (κ2) is 8.17. The van der Waals surface area contributed by atoms with Crippen molar-refractivity contribution in [2.24, 2.45) is 0 Å². The number of hydrogen-bond donors (Lipinski definition) is 3. The van der Waals surface area contributed by atoms with E-state index in [4.69, 9.17) is 0 Å². The summed E-state index contributed by atoms with van der Waals surface area (Å²) in [4.78, 5) is 0.270. The van der Waals surface area contributed by atoms with Gasteiger partial charge in [0.15, 0.2) is 0 Å². The van der Waals surface area contributed by atoms with E-state index in [1.807, 2.05) is 27.0 Å². The second-order valence-electron chi connectivity index (χ2n) is 5.46. The molecule has 0 spiro atoms. The van der Waals surface area contributed by atoms with E-state index in [0.717, 1.165) is 12.2 Å². The van der Waals surface area contributed by atoms with Crippen LogP contribution >= 0.6 is 11.8 Å². The van der Waals surface area contributed by atoms with Crippen molar-refractivity contribution in [3.05, 3.63) is 11.4 Å². The smallest absolute Gasteiger partial charge is 0.244 e. The molecular weight excluding hydrogens is 308 g/mol. The van der Waals surface area contributed by atoms with Gasteiger partial charge in [0.25, 0.3) is 0 Å². The summed E-state index contributed by atoms with van der Waals surface area (Å²) >= 11 is 1.71. The molecule has 0 aliphatic rings. The molecule has 0 radical (unpaired) electrons. The fourth-order valence-corrected chi connectivity index (χ4v) is 4.16. The molecule has 1 aromatic heterocycles. The molecule has 1 unspecified atom stereocenters. The van der Waals surface area contributed by atoms with Crippen molar-refractivity contribution in [2.45, 2.75) is 57.6 Å². The molecule has 0 saturated heterocycles. The van der Waals surface area contributed by atoms with Crippen LogP contribution in [0.1, 0.15) is 38.6 Å². The summed E-state index contributed by atoms with van der Waals surface area (Å²) in [6, 6.07) is 0.175. The summed E-state index contributed by atoms with van der Waals surface area (Å²) in [5.41, 5.74) is 1.10. The minimum Gasteiger partial charge on any atom is -0.309 e. The monoisotopic (exact) mass is 334 g/mol. The van der Waals surface area contributed by atoms with Gasteiger partial charge in [-0.15, -0.1) is 0 Å². The van der Waals surface area contributed by atoms with Crippen LogP contribution < -0.4 is 10.0 Å². The van der Waals surface area contributed by atoms with Crippen LogP contribution in [-0.4, -0.2) is 42.7 Å². The SMILES string of the molecule is CSCCC(C)NS(=O)(=O)c1c(CNC(C)C)n[nH]c1C. The van der Waals surface area contributed by atoms with Gasteiger partial charge < -0.3 is 5.32 Å². The number of aryl methyl sites for hydroxylation is 1. The molecule has 0 fully saturated rings. The maximum Gasteiger partial charge on any atom is 0.244 e. The number of H-pyrrole nitrogens is 1. The zero-order chi connectivity index (χ0) is 16.0. The van der Waals surface area contributed by atoms with E-state index < -0.39 is 10.0 Å². The van der Waals surface area contributed by atoms with E-state index in [1.165, 1.54) is 0 Å². The van der Waals surface area contributed by atoms with Crippen LogP contribution in [0.25, 0.3) is 0 Å². The van der Waals surface area contributed by atoms with Crippen LogP contribution in [0.5, 0.6) is 0 Å². The predicted molar refractivity (Wildman–Crippen MR) is 88.1 cm³/mol. The minimum absolute atomic E-state index is 0.0948. The van der Waals surface area contributed by atoms with Crippen molar-refractivity contribution < 1.29 is 8.42 Å². The van der Waals surface area contributed by atoms with Gasteiger partial charge in [0.2, 0.25) is 10.0 Å². The molecule has 1 atom stereocenters. The zero-order valence-corrected chi connectivity index (χ0v) is 15.0. The summed E-state index contributed by atoms with van der Waals surface area (Å²) in [5.74, 6) is 0.926. The Morgan fingerprint density at radius 3 is 2.57 bits per heavy atom. The molecule has 0 bridgehead atoms. The van der Waals surface area contributed by atoms with Crippen LogP contribution in [0.3, 0.4) is 0 Å². The van der Waals surface area contributed by atoms with Crippen LogP contribution in [0, 0.1) is 6.92 Å². The van der Waals surface area contributed by atoms with E-state index in [9.17, 15) is 8.42 Å². The first kappa shape index (κ1) is 18.5. The fourth-order valence-electron chi connectivity index (χ4n) is 1.92. The van der Waals surface area contributed by atoms with Gasteiger partial charge in [-0.3, -0.25) is 5.10 Å². The number of aromatic amines is 1. The molecule has 122 valence electrons. The number of rotatable bonds is 9. The van der Waals surface area contributed by atoms with Crippen LogP contribution in [0.4, 0.5) is 0 Å². The van der Waals surface area contributed by atoms with Gasteiger partial charge >= 0.3 is 0 Å². The molecule has 1 rings (SSSR count). The predicted octanol–water partition coefficient (Wildman–Crippen LogP) is 1.64. The molecule has 8 heteroatoms. The highest BCUT2D eigenvalue weighted by atomic mass is 32.2. The number of hydrogen-bond acceptors (Lipinski definition) is 5. The van der Waals surface area contributed by atoms with Crippen molar-refractivity contribution in [3.63, 3.8) is 0 Å². The van der Waals surface area contributed by atoms with Crippen molar-refractivity contribution in [1.29, 1.82) is 0 Å². The fraction of sp³-hybridized carbons (Fsp3) is 0.769. The molecular formula is C13H26N4O2S2. The topological polar surface area (TPSA) is 86.9 Å². The van der Waals surface area contributed by atoms with Gasteiger partial charge in [-0.05, 0) is 32.3 Å². The van der Waals surface area contributed by atoms with Crippen molar-refractivity contribution in [1.82, 2.24) is 20.2 Å². The van der Waals surface area contributed by atoms with Gasteiger partial charge in [0.1, 0.15) is 4.90 Å². The van der Waals surface area contributed by atoms with E-state index in [1.54, 1.807) is 18.7 Å². The summed E-state index contributed by atoms with van der Waals surface area (Å²) in [6.07, 6.45) is 2.81. The van der Waals surface area contributed by atoms with Crippen LogP contribution in [0.2, 0.25) is 0 Å². The van der Waals surface area contributed by atoms with Crippen LogP contribution in [-0.2, 0) is 16.6 Å². The molecule has 3 N–H and O–H groups in total. The standard InChI is InChI=1S/C13H26N4O2S2/c1-9(2)14-8-12-13(11(4)15-16-12)21(18,19)17-10(3)6-7-20-5/h9-10,14,17H,6-8H2,1-5H3,(H,15,16). The average Bonchev–Trinajstić information content (AvgIpc) is 2.75. The Balaban J connectivity index is 2.89. The first-order valence-electron chi connectivity index (χ1n) is 7.06. The molecule has 0 aromatic carbocycles. The maximum atomic E-state index is 12.5. The van der Waals surface area contributed by atoms with Gasteiger partial charge in [-0.1, -0.05) is 13.8 Å². The molecule has 0 amide bonds. The highest BCUT2D eigenvalue weighted by Gasteiger charge is 2.25. The van der Waals surface area contributed by atoms with E-state index in [-0.39, 0.29) is 17.0 Å². The Morgan fingerprint density at radius 1 is 1.33 bits per heavy atom. The Morgan fingerprint density at radius 2 is 2.00 bits per heavy atom. The molecule has 0 aliphatic carbocycles. The highest BCUT2D eigenvalue weighted by molar-refractivity contribution is 7.98. The number of nitrogens with zero attached hydrogens (tertiary/aromatic N) is 1. The lowest BCUT2D eigenvalue weighted by molar-refractivity contribution is 0.549. The average molecular weight is 335 g/mol. The lowest BCUT2D eigenvalue weighted by Crippen LogP contribution is -2.34. The first-order valence-corrected chi connectivity index (χ1v) is 9.94. The number of nitrogens with one attached hydrogen (secondary N) is 3. The lowest BCUT2D eigenvalue weighted by atomic mass is 10.3. The third-order valence-electron chi connectivity index (χ3n) is 3.02. The van der Waals surface area contributed by atoms with Gasteiger partial charge in [0.05, 0.1) is 11.4 Å². The van der Waals surface area contributed by atoms with E-state index in [0.29, 0.717) is 17.9 Å². The summed E-state index contributed by atoms with van der Waals surface area (Å²) in [5, 5.41) is 10.1. The van der Waals surface area contributed by atoms with Gasteiger partial charge in [-0.25, -0.2) is 13.1 Å². The summed E-state index contributed by atoms with van der Waals surface area (Å²) in [7, 11) is -3.55. The van der Waals surface area contributed by atoms with E-state index in [2.05, 4.69) is 20.2 Å². The zero-order valence-electron chi connectivity index (χ0n) is 13.4. The number of thioether (sulfide) groups is 1. The Hall–Kier alpha value is -0.570. The molecule has 6 nitrogen and oxygen atoms in total. The molecule has 1 heterocycles. The quantitative estimate of drug-likeness (QED) is 0.639. The van der Waals surface area contributed by atoms with Gasteiger partial charge in [0, 0.05) is 18.6 Å². The van der Waals surface area contributed by atoms with Crippen molar-refractivity contribution >= 4 is 21.8 Å². The maximum absolute atomic E-state index is 12.5. The van der Waals surface area contributed by atoms with Gasteiger partial charge in [-0.2, -0.15) is 16.9 Å². The molecule has 21 heavy (non-hydrogen) atoms. The number of aromatic nitrogens is 2. The second-order valence-corrected chi connectivity index (χ2v) is 8.10. The third-order valence-corrected chi connectivity index (χ3v) is 5.45. The third kappa shape index (κ3) is 5.61. The Kier molecular flexibility index (Phi) is 7.19. The van der Waals surface area contributed by atoms with Crippen molar-refractivity contribution in [3.8, 4) is 0 Å². The van der Waals surface area contributed by atoms with E-state index >= 15 is 0 Å². The summed E-state index contributed by atoms with van der Waals surface area (Å²) in [6.45, 7) is 8.06. The Labute approximate surface area is 131 Å². The first-order chi connectivity index (χ1) is 9.77.